The lowest BCUT2D eigenvalue weighted by Crippen LogP contribution is -2.16. The standard InChI is InChI=1S/C25H24ClFN4O3/c1-14-7-5-6-8-22(14)33-13-20-17(4)34-30-24(20)25(32)28-23-15(2)29-31(16(23)3)12-18-9-10-19(27)11-21(18)26/h5-11H,12-13H2,1-4H3,(H,28,32). The van der Waals surface area contributed by atoms with E-state index in [2.05, 4.69) is 15.6 Å². The van der Waals surface area contributed by atoms with Gasteiger partial charge in [0.2, 0.25) is 0 Å². The first kappa shape index (κ1) is 23.5. The molecule has 2 aromatic carbocycles. The van der Waals surface area contributed by atoms with E-state index in [1.165, 1.54) is 12.1 Å². The third-order valence-electron chi connectivity index (χ3n) is 5.62. The van der Waals surface area contributed by atoms with Crippen molar-refractivity contribution in [3.05, 3.63) is 92.8 Å². The van der Waals surface area contributed by atoms with E-state index in [1.54, 1.807) is 24.6 Å². The molecule has 0 aliphatic rings. The van der Waals surface area contributed by atoms with Gasteiger partial charge in [0.15, 0.2) is 5.69 Å². The van der Waals surface area contributed by atoms with Crippen LogP contribution in [0.2, 0.25) is 5.02 Å². The molecule has 4 rings (SSSR count). The zero-order chi connectivity index (χ0) is 24.4. The van der Waals surface area contributed by atoms with Crippen LogP contribution in [0.3, 0.4) is 0 Å². The Kier molecular flexibility index (Phi) is 6.70. The molecule has 1 N–H and O–H groups in total. The maximum absolute atomic E-state index is 13.4. The molecular formula is C25H24ClFN4O3. The van der Waals surface area contributed by atoms with Gasteiger partial charge < -0.3 is 14.6 Å². The number of benzene rings is 2. The van der Waals surface area contributed by atoms with Gasteiger partial charge in [0.05, 0.1) is 29.2 Å². The maximum Gasteiger partial charge on any atom is 0.278 e. The second-order valence-electron chi connectivity index (χ2n) is 8.01. The van der Waals surface area contributed by atoms with Crippen LogP contribution in [0.25, 0.3) is 0 Å². The molecule has 176 valence electrons. The van der Waals surface area contributed by atoms with Crippen molar-refractivity contribution in [1.82, 2.24) is 14.9 Å². The Morgan fingerprint density at radius 1 is 1.18 bits per heavy atom. The summed E-state index contributed by atoms with van der Waals surface area (Å²) in [4.78, 5) is 13.1. The van der Waals surface area contributed by atoms with E-state index in [-0.39, 0.29) is 12.3 Å². The predicted molar refractivity (Wildman–Crippen MR) is 127 cm³/mol. The molecule has 2 heterocycles. The first-order valence-electron chi connectivity index (χ1n) is 10.7. The van der Waals surface area contributed by atoms with E-state index in [4.69, 9.17) is 20.9 Å². The number of carbonyl (C=O) groups excluding carboxylic acids is 1. The van der Waals surface area contributed by atoms with E-state index >= 15 is 0 Å². The lowest BCUT2D eigenvalue weighted by molar-refractivity contribution is 0.101. The summed E-state index contributed by atoms with van der Waals surface area (Å²) in [5, 5.41) is 11.7. The highest BCUT2D eigenvalue weighted by Crippen LogP contribution is 2.25. The fourth-order valence-electron chi connectivity index (χ4n) is 3.62. The van der Waals surface area contributed by atoms with Gasteiger partial charge in [0, 0.05) is 5.02 Å². The molecule has 0 aliphatic carbocycles. The maximum atomic E-state index is 13.4. The van der Waals surface area contributed by atoms with E-state index < -0.39 is 11.7 Å². The highest BCUT2D eigenvalue weighted by molar-refractivity contribution is 6.31. The predicted octanol–water partition coefficient (Wildman–Crippen LogP) is 5.78. The Balaban J connectivity index is 1.53. The number of aryl methyl sites for hydroxylation is 3. The smallest absolute Gasteiger partial charge is 0.278 e. The number of halogens is 2. The second-order valence-corrected chi connectivity index (χ2v) is 8.42. The Labute approximate surface area is 201 Å². The molecule has 7 nitrogen and oxygen atoms in total. The average molecular weight is 483 g/mol. The summed E-state index contributed by atoms with van der Waals surface area (Å²) in [6.07, 6.45) is 0. The number of ether oxygens (including phenoxy) is 1. The fourth-order valence-corrected chi connectivity index (χ4v) is 3.85. The summed E-state index contributed by atoms with van der Waals surface area (Å²) in [6, 6.07) is 11.9. The van der Waals surface area contributed by atoms with Gasteiger partial charge in [-0.05, 0) is 57.0 Å². The van der Waals surface area contributed by atoms with Crippen LogP contribution in [0.15, 0.2) is 47.0 Å². The van der Waals surface area contributed by atoms with Crippen molar-refractivity contribution >= 4 is 23.2 Å². The molecule has 9 heteroatoms. The molecule has 1 amide bonds. The molecule has 34 heavy (non-hydrogen) atoms. The summed E-state index contributed by atoms with van der Waals surface area (Å²) < 4.78 is 26.3. The van der Waals surface area contributed by atoms with Crippen molar-refractivity contribution in [3.8, 4) is 5.75 Å². The van der Waals surface area contributed by atoms with E-state index in [0.29, 0.717) is 39.8 Å². The van der Waals surface area contributed by atoms with Gasteiger partial charge in [0.1, 0.15) is 23.9 Å². The summed E-state index contributed by atoms with van der Waals surface area (Å²) in [5.41, 5.74) is 4.35. The van der Waals surface area contributed by atoms with E-state index in [9.17, 15) is 9.18 Å². The van der Waals surface area contributed by atoms with Crippen molar-refractivity contribution in [2.45, 2.75) is 40.8 Å². The molecule has 0 aliphatic heterocycles. The van der Waals surface area contributed by atoms with Crippen LogP contribution >= 0.6 is 11.6 Å². The Morgan fingerprint density at radius 2 is 1.94 bits per heavy atom. The van der Waals surface area contributed by atoms with Crippen LogP contribution in [0.4, 0.5) is 10.1 Å². The summed E-state index contributed by atoms with van der Waals surface area (Å²) >= 11 is 6.16. The number of amides is 1. The van der Waals surface area contributed by atoms with Crippen LogP contribution in [-0.4, -0.2) is 20.8 Å². The van der Waals surface area contributed by atoms with Gasteiger partial charge >= 0.3 is 0 Å². The number of rotatable bonds is 7. The Hall–Kier alpha value is -3.65. The number of hydrogen-bond acceptors (Lipinski definition) is 5. The highest BCUT2D eigenvalue weighted by Gasteiger charge is 2.23. The summed E-state index contributed by atoms with van der Waals surface area (Å²) in [7, 11) is 0. The molecule has 4 aromatic rings. The normalized spacial score (nSPS) is 11.0. The molecule has 0 bridgehead atoms. The molecule has 0 saturated heterocycles. The first-order chi connectivity index (χ1) is 16.2. The monoisotopic (exact) mass is 482 g/mol. The minimum atomic E-state index is -0.425. The number of para-hydroxylation sites is 1. The minimum Gasteiger partial charge on any atom is -0.488 e. The van der Waals surface area contributed by atoms with Crippen LogP contribution in [0.1, 0.15) is 44.3 Å². The van der Waals surface area contributed by atoms with Gasteiger partial charge in [0.25, 0.3) is 5.91 Å². The molecule has 0 atom stereocenters. The molecule has 0 fully saturated rings. The quantitative estimate of drug-likeness (QED) is 0.361. The van der Waals surface area contributed by atoms with Gasteiger partial charge in [-0.25, -0.2) is 4.39 Å². The zero-order valence-electron chi connectivity index (χ0n) is 19.3. The Bertz CT molecular complexity index is 1360. The number of nitrogens with zero attached hydrogens (tertiary/aromatic N) is 3. The van der Waals surface area contributed by atoms with Crippen molar-refractivity contribution in [3.63, 3.8) is 0 Å². The number of nitrogens with one attached hydrogen (secondary N) is 1. The van der Waals surface area contributed by atoms with Crippen LogP contribution in [-0.2, 0) is 13.2 Å². The van der Waals surface area contributed by atoms with Gasteiger partial charge in [-0.3, -0.25) is 9.48 Å². The largest absolute Gasteiger partial charge is 0.488 e. The fraction of sp³-hybridized carbons (Fsp3) is 0.240. The minimum absolute atomic E-state index is 0.142. The van der Waals surface area contributed by atoms with Crippen LogP contribution in [0, 0.1) is 33.5 Å². The van der Waals surface area contributed by atoms with Crippen molar-refractivity contribution in [2.75, 3.05) is 5.32 Å². The SMILES string of the molecule is Cc1ccccc1OCc1c(C(=O)Nc2c(C)nn(Cc3ccc(F)cc3Cl)c2C)noc1C. The number of aromatic nitrogens is 3. The lowest BCUT2D eigenvalue weighted by Gasteiger charge is -2.10. The van der Waals surface area contributed by atoms with Gasteiger partial charge in [-0.2, -0.15) is 5.10 Å². The van der Waals surface area contributed by atoms with Crippen molar-refractivity contribution in [2.24, 2.45) is 0 Å². The number of hydrogen-bond donors (Lipinski definition) is 1. The van der Waals surface area contributed by atoms with E-state index in [0.717, 1.165) is 17.0 Å². The summed E-state index contributed by atoms with van der Waals surface area (Å²) in [5.74, 6) is 0.404. The lowest BCUT2D eigenvalue weighted by atomic mass is 10.2. The van der Waals surface area contributed by atoms with Crippen molar-refractivity contribution < 1.29 is 18.4 Å². The zero-order valence-corrected chi connectivity index (χ0v) is 20.0. The Morgan fingerprint density at radius 3 is 2.68 bits per heavy atom. The molecule has 0 unspecified atom stereocenters. The van der Waals surface area contributed by atoms with Crippen LogP contribution in [0.5, 0.6) is 5.75 Å². The highest BCUT2D eigenvalue weighted by atomic mass is 35.5. The third kappa shape index (κ3) is 4.82. The molecule has 0 radical (unpaired) electrons. The number of anilines is 1. The summed E-state index contributed by atoms with van der Waals surface area (Å²) in [6.45, 7) is 7.79. The van der Waals surface area contributed by atoms with Gasteiger partial charge in [-0.15, -0.1) is 0 Å². The third-order valence-corrected chi connectivity index (χ3v) is 5.97. The van der Waals surface area contributed by atoms with Gasteiger partial charge in [-0.1, -0.05) is 41.0 Å². The molecular weight excluding hydrogens is 459 g/mol. The average Bonchev–Trinajstić information content (AvgIpc) is 3.29. The topological polar surface area (TPSA) is 82.2 Å². The van der Waals surface area contributed by atoms with Crippen molar-refractivity contribution in [1.29, 1.82) is 0 Å². The second kappa shape index (κ2) is 9.69. The molecule has 0 spiro atoms. The van der Waals surface area contributed by atoms with E-state index in [1.807, 2.05) is 38.1 Å². The van der Waals surface area contributed by atoms with Crippen LogP contribution < -0.4 is 10.1 Å². The molecule has 0 saturated carbocycles. The molecule has 2 aromatic heterocycles. The first-order valence-corrected chi connectivity index (χ1v) is 11.0. The number of carbonyl (C=O) groups is 1.